The maximum Gasteiger partial charge on any atom is 0.326 e. The Morgan fingerprint density at radius 2 is 2.06 bits per heavy atom. The largest absolute Gasteiger partial charge is 0.480 e. The van der Waals surface area contributed by atoms with Crippen molar-refractivity contribution >= 4 is 11.9 Å². The van der Waals surface area contributed by atoms with Crippen molar-refractivity contribution in [2.45, 2.75) is 51.2 Å². The molecule has 1 saturated heterocycles. The van der Waals surface area contributed by atoms with Gasteiger partial charge in [-0.05, 0) is 6.42 Å². The molecule has 1 rings (SSSR count). The van der Waals surface area contributed by atoms with Gasteiger partial charge < -0.3 is 15.1 Å². The Kier molecular flexibility index (Phi) is 4.73. The summed E-state index contributed by atoms with van der Waals surface area (Å²) < 4.78 is 0. The predicted octanol–water partition coefficient (Wildman–Crippen LogP) is 0.613. The number of unbranched alkanes of at least 4 members (excludes halogenated alkanes) is 2. The third kappa shape index (κ3) is 3.20. The fourth-order valence-corrected chi connectivity index (χ4v) is 1.99. The summed E-state index contributed by atoms with van der Waals surface area (Å²) in [6.07, 6.45) is 2.61. The van der Waals surface area contributed by atoms with Crippen LogP contribution in [0.4, 0.5) is 0 Å². The van der Waals surface area contributed by atoms with Gasteiger partial charge in [0.1, 0.15) is 6.04 Å². The Morgan fingerprint density at radius 3 is 2.62 bits per heavy atom. The van der Waals surface area contributed by atoms with Gasteiger partial charge in [0, 0.05) is 19.4 Å². The van der Waals surface area contributed by atoms with Crippen LogP contribution in [0, 0.1) is 0 Å². The Morgan fingerprint density at radius 1 is 1.38 bits per heavy atom. The van der Waals surface area contributed by atoms with E-state index in [2.05, 4.69) is 0 Å². The normalized spacial score (nSPS) is 24.8. The number of amides is 1. The van der Waals surface area contributed by atoms with Crippen LogP contribution >= 0.6 is 0 Å². The van der Waals surface area contributed by atoms with Gasteiger partial charge in [0.05, 0.1) is 6.10 Å². The molecule has 0 bridgehead atoms. The van der Waals surface area contributed by atoms with Gasteiger partial charge in [-0.3, -0.25) is 4.79 Å². The summed E-state index contributed by atoms with van der Waals surface area (Å²) >= 11 is 0. The first-order valence-electron chi connectivity index (χ1n) is 5.76. The smallest absolute Gasteiger partial charge is 0.326 e. The van der Waals surface area contributed by atoms with E-state index in [9.17, 15) is 14.7 Å². The summed E-state index contributed by atoms with van der Waals surface area (Å²) in [7, 11) is 0. The molecule has 0 aromatic rings. The number of aliphatic hydroxyl groups is 1. The summed E-state index contributed by atoms with van der Waals surface area (Å²) in [6.45, 7) is 2.20. The molecule has 5 nitrogen and oxygen atoms in total. The second-order valence-corrected chi connectivity index (χ2v) is 4.25. The van der Waals surface area contributed by atoms with Crippen LogP contribution in [0.15, 0.2) is 0 Å². The number of carboxylic acids is 1. The minimum absolute atomic E-state index is 0.148. The number of nitrogens with zero attached hydrogens (tertiary/aromatic N) is 1. The summed E-state index contributed by atoms with van der Waals surface area (Å²) in [6, 6.07) is -0.843. The van der Waals surface area contributed by atoms with Crippen LogP contribution in [-0.2, 0) is 9.59 Å². The number of likely N-dealkylation sites (tertiary alicyclic amines) is 1. The molecular formula is C11H19NO4. The second-order valence-electron chi connectivity index (χ2n) is 4.25. The Balaban J connectivity index is 2.50. The second kappa shape index (κ2) is 5.84. The lowest BCUT2D eigenvalue weighted by Gasteiger charge is -2.20. The zero-order chi connectivity index (χ0) is 12.1. The minimum atomic E-state index is -1.03. The van der Waals surface area contributed by atoms with Crippen molar-refractivity contribution in [1.29, 1.82) is 0 Å². The molecule has 0 radical (unpaired) electrons. The number of hydrogen-bond acceptors (Lipinski definition) is 3. The Labute approximate surface area is 95.1 Å². The van der Waals surface area contributed by atoms with E-state index in [0.717, 1.165) is 19.3 Å². The van der Waals surface area contributed by atoms with Crippen molar-refractivity contribution in [2.24, 2.45) is 0 Å². The van der Waals surface area contributed by atoms with Crippen molar-refractivity contribution in [1.82, 2.24) is 4.90 Å². The molecule has 92 valence electrons. The molecule has 0 unspecified atom stereocenters. The highest BCUT2D eigenvalue weighted by molar-refractivity contribution is 5.84. The SMILES string of the molecule is CCCCCC(=O)N1C[C@H](O)C[C@H]1C(=O)O. The van der Waals surface area contributed by atoms with Gasteiger partial charge in [-0.15, -0.1) is 0 Å². The number of aliphatic hydroxyl groups excluding tert-OH is 1. The van der Waals surface area contributed by atoms with E-state index in [1.807, 2.05) is 6.92 Å². The van der Waals surface area contributed by atoms with E-state index in [1.54, 1.807) is 0 Å². The molecule has 0 aliphatic carbocycles. The third-order valence-electron chi connectivity index (χ3n) is 2.88. The number of carbonyl (C=O) groups is 2. The van der Waals surface area contributed by atoms with Gasteiger partial charge >= 0.3 is 5.97 Å². The Hall–Kier alpha value is -1.10. The van der Waals surface area contributed by atoms with Crippen LogP contribution in [-0.4, -0.2) is 45.7 Å². The maximum absolute atomic E-state index is 11.7. The van der Waals surface area contributed by atoms with E-state index < -0.39 is 18.1 Å². The highest BCUT2D eigenvalue weighted by Crippen LogP contribution is 2.19. The van der Waals surface area contributed by atoms with E-state index in [0.29, 0.717) is 6.42 Å². The molecule has 16 heavy (non-hydrogen) atoms. The number of carboxylic acid groups (broad SMARTS) is 1. The first kappa shape index (κ1) is 13.0. The predicted molar refractivity (Wildman–Crippen MR) is 57.9 cm³/mol. The van der Waals surface area contributed by atoms with Crippen LogP contribution in [0.25, 0.3) is 0 Å². The van der Waals surface area contributed by atoms with Crippen molar-refractivity contribution in [3.05, 3.63) is 0 Å². The molecular weight excluding hydrogens is 210 g/mol. The van der Waals surface area contributed by atoms with Gasteiger partial charge in [-0.2, -0.15) is 0 Å². The summed E-state index contributed by atoms with van der Waals surface area (Å²) in [5, 5.41) is 18.3. The monoisotopic (exact) mass is 229 g/mol. The van der Waals surface area contributed by atoms with Gasteiger partial charge in [0.15, 0.2) is 0 Å². The van der Waals surface area contributed by atoms with Crippen LogP contribution < -0.4 is 0 Å². The third-order valence-corrected chi connectivity index (χ3v) is 2.88. The highest BCUT2D eigenvalue weighted by atomic mass is 16.4. The van der Waals surface area contributed by atoms with Gasteiger partial charge in [0.25, 0.3) is 0 Å². The first-order chi connectivity index (χ1) is 7.56. The van der Waals surface area contributed by atoms with Crippen molar-refractivity contribution in [2.75, 3.05) is 6.54 Å². The molecule has 1 amide bonds. The summed E-state index contributed by atoms with van der Waals surface area (Å²) in [5.74, 6) is -1.18. The van der Waals surface area contributed by atoms with Gasteiger partial charge in [0.2, 0.25) is 5.91 Å². The Bertz CT molecular complexity index is 267. The quantitative estimate of drug-likeness (QED) is 0.677. The van der Waals surface area contributed by atoms with Crippen molar-refractivity contribution < 1.29 is 19.8 Å². The van der Waals surface area contributed by atoms with E-state index in [-0.39, 0.29) is 18.9 Å². The topological polar surface area (TPSA) is 77.8 Å². The lowest BCUT2D eigenvalue weighted by Crippen LogP contribution is -2.40. The zero-order valence-corrected chi connectivity index (χ0v) is 9.56. The lowest BCUT2D eigenvalue weighted by atomic mass is 10.1. The average molecular weight is 229 g/mol. The fraction of sp³-hybridized carbons (Fsp3) is 0.818. The molecule has 0 saturated carbocycles. The van der Waals surface area contributed by atoms with Crippen LogP contribution in [0.1, 0.15) is 39.0 Å². The molecule has 2 N–H and O–H groups in total. The molecule has 5 heteroatoms. The first-order valence-corrected chi connectivity index (χ1v) is 5.76. The molecule has 0 aromatic heterocycles. The van der Waals surface area contributed by atoms with Crippen molar-refractivity contribution in [3.8, 4) is 0 Å². The molecule has 1 heterocycles. The van der Waals surface area contributed by atoms with Gasteiger partial charge in [-0.25, -0.2) is 4.79 Å². The number of rotatable bonds is 5. The number of hydrogen-bond donors (Lipinski definition) is 2. The summed E-state index contributed by atoms with van der Waals surface area (Å²) in [5.41, 5.74) is 0. The number of β-amino-alcohol motifs (C(OH)–C–C–N with tert-alkyl or cyclic N) is 1. The zero-order valence-electron chi connectivity index (χ0n) is 9.56. The van der Waals surface area contributed by atoms with E-state index >= 15 is 0 Å². The lowest BCUT2D eigenvalue weighted by molar-refractivity contribution is -0.148. The standard InChI is InChI=1S/C11H19NO4/c1-2-3-4-5-10(14)12-7-8(13)6-9(12)11(15)16/h8-9,13H,2-7H2,1H3,(H,15,16)/t8-,9+/m1/s1. The van der Waals surface area contributed by atoms with E-state index in [4.69, 9.17) is 5.11 Å². The van der Waals surface area contributed by atoms with Crippen molar-refractivity contribution in [3.63, 3.8) is 0 Å². The molecule has 1 aliphatic rings. The minimum Gasteiger partial charge on any atom is -0.480 e. The fourth-order valence-electron chi connectivity index (χ4n) is 1.99. The molecule has 2 atom stereocenters. The maximum atomic E-state index is 11.7. The molecule has 1 fully saturated rings. The van der Waals surface area contributed by atoms with Gasteiger partial charge in [-0.1, -0.05) is 19.8 Å². The highest BCUT2D eigenvalue weighted by Gasteiger charge is 2.38. The van der Waals surface area contributed by atoms with Crippen LogP contribution in [0.2, 0.25) is 0 Å². The number of aliphatic carboxylic acids is 1. The molecule has 0 spiro atoms. The van der Waals surface area contributed by atoms with Crippen LogP contribution in [0.3, 0.4) is 0 Å². The summed E-state index contributed by atoms with van der Waals surface area (Å²) in [4.78, 5) is 23.9. The van der Waals surface area contributed by atoms with E-state index in [1.165, 1.54) is 4.90 Å². The number of carbonyl (C=O) groups excluding carboxylic acids is 1. The molecule has 1 aliphatic heterocycles. The molecule has 0 aromatic carbocycles. The van der Waals surface area contributed by atoms with Crippen LogP contribution in [0.5, 0.6) is 0 Å². The average Bonchev–Trinajstić information content (AvgIpc) is 2.61.